The first-order valence-corrected chi connectivity index (χ1v) is 18.0. The molecule has 0 aliphatic carbocycles. The van der Waals surface area contributed by atoms with E-state index in [1.807, 2.05) is 6.07 Å². The monoisotopic (exact) mass is 677 g/mol. The number of fused-ring (bicyclic) bond motifs is 9. The van der Waals surface area contributed by atoms with Gasteiger partial charge in [0.05, 0.1) is 0 Å². The Morgan fingerprint density at radius 2 is 1.02 bits per heavy atom. The minimum absolute atomic E-state index is 0.523. The molecule has 1 atom stereocenters. The van der Waals surface area contributed by atoms with Crippen molar-refractivity contribution < 1.29 is 4.42 Å². The third-order valence-electron chi connectivity index (χ3n) is 10.7. The first-order valence-electron chi connectivity index (χ1n) is 18.0. The van der Waals surface area contributed by atoms with E-state index in [1.165, 1.54) is 37.7 Å². The molecule has 2 heterocycles. The molecule has 0 amide bonds. The lowest BCUT2D eigenvalue weighted by Gasteiger charge is -2.24. The number of hydrogen-bond acceptors (Lipinski definition) is 4. The van der Waals surface area contributed by atoms with Crippen molar-refractivity contribution in [2.24, 2.45) is 9.98 Å². The highest BCUT2D eigenvalue weighted by atomic mass is 16.3. The molecule has 1 aliphatic rings. The molecule has 11 rings (SSSR count). The van der Waals surface area contributed by atoms with Crippen LogP contribution >= 0.6 is 0 Å². The van der Waals surface area contributed by atoms with Gasteiger partial charge in [0.2, 0.25) is 0 Å². The van der Waals surface area contributed by atoms with Crippen LogP contribution < -0.4 is 5.32 Å². The summed E-state index contributed by atoms with van der Waals surface area (Å²) in [6, 6.07) is 62.2. The summed E-state index contributed by atoms with van der Waals surface area (Å²) in [5, 5.41) is 15.4. The molecular weight excluding hydrogens is 647 g/mol. The van der Waals surface area contributed by atoms with Crippen LogP contribution in [0.25, 0.3) is 76.2 Å². The number of rotatable bonds is 4. The molecule has 248 valence electrons. The summed E-state index contributed by atoms with van der Waals surface area (Å²) < 4.78 is 6.62. The van der Waals surface area contributed by atoms with E-state index in [-0.39, 0.29) is 0 Å². The van der Waals surface area contributed by atoms with Crippen molar-refractivity contribution >= 4 is 76.7 Å². The van der Waals surface area contributed by atoms with Crippen LogP contribution in [0.2, 0.25) is 0 Å². The minimum Gasteiger partial charge on any atom is -0.456 e. The van der Waals surface area contributed by atoms with Gasteiger partial charge in [-0.3, -0.25) is 0 Å². The fraction of sp³-hybridized carbons (Fsp3) is 0.0204. The molecule has 0 saturated carbocycles. The highest BCUT2D eigenvalue weighted by molar-refractivity contribution is 6.24. The Labute approximate surface area is 305 Å². The number of aliphatic imine (C=N–C) groups is 2. The van der Waals surface area contributed by atoms with E-state index >= 15 is 0 Å². The van der Waals surface area contributed by atoms with Crippen LogP contribution in [0.3, 0.4) is 0 Å². The van der Waals surface area contributed by atoms with Gasteiger partial charge in [0, 0.05) is 27.5 Å². The Balaban J connectivity index is 1.16. The number of nitrogens with zero attached hydrogens (tertiary/aromatic N) is 2. The van der Waals surface area contributed by atoms with Crippen LogP contribution in [0.5, 0.6) is 0 Å². The predicted molar refractivity (Wildman–Crippen MR) is 221 cm³/mol. The summed E-state index contributed by atoms with van der Waals surface area (Å²) in [5.41, 5.74) is 6.96. The molecule has 4 heteroatoms. The molecule has 1 aliphatic heterocycles. The topological polar surface area (TPSA) is 49.9 Å². The molecule has 0 saturated heterocycles. The van der Waals surface area contributed by atoms with Crippen molar-refractivity contribution in [1.29, 1.82) is 0 Å². The molecule has 1 aromatic heterocycles. The summed E-state index contributed by atoms with van der Waals surface area (Å²) in [6.45, 7) is 0. The van der Waals surface area contributed by atoms with Crippen molar-refractivity contribution in [1.82, 2.24) is 5.32 Å². The van der Waals surface area contributed by atoms with Crippen LogP contribution in [0.1, 0.15) is 22.9 Å². The average Bonchev–Trinajstić information content (AvgIpc) is 3.63. The van der Waals surface area contributed by atoms with Gasteiger partial charge in [-0.2, -0.15) is 0 Å². The molecule has 1 N–H and O–H groups in total. The summed E-state index contributed by atoms with van der Waals surface area (Å²) in [7, 11) is 0. The first kappa shape index (κ1) is 29.7. The van der Waals surface area contributed by atoms with Crippen LogP contribution in [0, 0.1) is 0 Å². The Bertz CT molecular complexity index is 3150. The fourth-order valence-corrected chi connectivity index (χ4v) is 8.24. The van der Waals surface area contributed by atoms with Crippen LogP contribution in [-0.2, 0) is 0 Å². The lowest BCUT2D eigenvalue weighted by Crippen LogP contribution is -2.36. The highest BCUT2D eigenvalue weighted by Gasteiger charge is 2.26. The van der Waals surface area contributed by atoms with Gasteiger partial charge < -0.3 is 9.73 Å². The van der Waals surface area contributed by atoms with Crippen LogP contribution in [-0.4, -0.2) is 11.7 Å². The summed E-state index contributed by atoms with van der Waals surface area (Å²) in [4.78, 5) is 10.8. The van der Waals surface area contributed by atoms with Crippen molar-refractivity contribution in [3.05, 3.63) is 193 Å². The number of hydrogen-bond donors (Lipinski definition) is 1. The maximum Gasteiger partial charge on any atom is 0.170 e. The number of nitrogens with one attached hydrogen (secondary N) is 1. The van der Waals surface area contributed by atoms with E-state index in [1.54, 1.807) is 0 Å². The van der Waals surface area contributed by atoms with Crippen LogP contribution in [0.15, 0.2) is 190 Å². The maximum atomic E-state index is 6.62. The van der Waals surface area contributed by atoms with Gasteiger partial charge in [-0.1, -0.05) is 152 Å². The zero-order chi connectivity index (χ0) is 34.9. The fourth-order valence-electron chi connectivity index (χ4n) is 8.24. The molecule has 0 bridgehead atoms. The summed E-state index contributed by atoms with van der Waals surface area (Å²) in [5.74, 6) is 1.57. The third-order valence-corrected chi connectivity index (χ3v) is 10.7. The SMILES string of the molecule is c1ccc(C2=NC(c3cccc4oc5cccc(-c6ccc7ccc8ccccc8c7c6)c5c34)N=C(c3cc4ccccc4c4ccccc34)N2)cc1. The predicted octanol–water partition coefficient (Wildman–Crippen LogP) is 12.4. The van der Waals surface area contributed by atoms with Gasteiger partial charge in [0.25, 0.3) is 0 Å². The lowest BCUT2D eigenvalue weighted by molar-refractivity contribution is 0.667. The molecule has 10 aromatic rings. The van der Waals surface area contributed by atoms with Crippen molar-refractivity contribution in [2.75, 3.05) is 0 Å². The molecule has 0 radical (unpaired) electrons. The quantitative estimate of drug-likeness (QED) is 0.189. The van der Waals surface area contributed by atoms with E-state index in [0.717, 1.165) is 66.8 Å². The largest absolute Gasteiger partial charge is 0.456 e. The van der Waals surface area contributed by atoms with Crippen molar-refractivity contribution in [2.45, 2.75) is 6.17 Å². The summed E-state index contributed by atoms with van der Waals surface area (Å²) in [6.07, 6.45) is -0.523. The third kappa shape index (κ3) is 4.77. The zero-order valence-electron chi connectivity index (χ0n) is 28.6. The van der Waals surface area contributed by atoms with Gasteiger partial charge in [-0.25, -0.2) is 9.98 Å². The Morgan fingerprint density at radius 3 is 1.85 bits per heavy atom. The Kier molecular flexibility index (Phi) is 6.58. The first-order chi connectivity index (χ1) is 26.3. The van der Waals surface area contributed by atoms with E-state index in [0.29, 0.717) is 0 Å². The Morgan fingerprint density at radius 1 is 0.396 bits per heavy atom. The van der Waals surface area contributed by atoms with E-state index < -0.39 is 6.17 Å². The van der Waals surface area contributed by atoms with Gasteiger partial charge in [0.15, 0.2) is 6.17 Å². The molecule has 1 unspecified atom stereocenters. The maximum absolute atomic E-state index is 6.62. The van der Waals surface area contributed by atoms with Gasteiger partial charge >= 0.3 is 0 Å². The highest BCUT2D eigenvalue weighted by Crippen LogP contribution is 2.42. The molecule has 9 aromatic carbocycles. The van der Waals surface area contributed by atoms with Gasteiger partial charge in [-0.05, 0) is 78.5 Å². The van der Waals surface area contributed by atoms with E-state index in [2.05, 4.69) is 175 Å². The van der Waals surface area contributed by atoms with Crippen LogP contribution in [0.4, 0.5) is 0 Å². The number of amidine groups is 2. The molecular formula is C49H31N3O. The Hall–Kier alpha value is -7.04. The zero-order valence-corrected chi connectivity index (χ0v) is 28.6. The lowest BCUT2D eigenvalue weighted by atomic mass is 9.93. The van der Waals surface area contributed by atoms with Gasteiger partial charge in [-0.15, -0.1) is 0 Å². The second kappa shape index (κ2) is 11.8. The average molecular weight is 678 g/mol. The second-order valence-corrected chi connectivity index (χ2v) is 13.7. The van der Waals surface area contributed by atoms with Crippen molar-refractivity contribution in [3.63, 3.8) is 0 Å². The smallest absolute Gasteiger partial charge is 0.170 e. The molecule has 0 fully saturated rings. The number of benzene rings is 9. The molecule has 4 nitrogen and oxygen atoms in total. The molecule has 0 spiro atoms. The van der Waals surface area contributed by atoms with E-state index in [9.17, 15) is 0 Å². The van der Waals surface area contributed by atoms with E-state index in [4.69, 9.17) is 14.4 Å². The standard InChI is InChI=1S/C49H31N3O/c1-2-13-32(14-3-1)47-50-48(52-49(51-47)42-29-33-15-5-7-17-36(33)38-18-8-9-19-39(38)42)40-21-11-23-44-46(40)45-37(20-10-22-43(45)53-44)34-27-26-31-25-24-30-12-4-6-16-35(30)41(31)28-34/h1-29,48H,(H,50,51,52). The summed E-state index contributed by atoms with van der Waals surface area (Å²) >= 11 is 0. The number of furan rings is 1. The van der Waals surface area contributed by atoms with Crippen molar-refractivity contribution in [3.8, 4) is 11.1 Å². The normalized spacial score (nSPS) is 14.6. The van der Waals surface area contributed by atoms with Gasteiger partial charge in [0.1, 0.15) is 22.8 Å². The molecule has 53 heavy (non-hydrogen) atoms. The minimum atomic E-state index is -0.523. The second-order valence-electron chi connectivity index (χ2n) is 13.7.